The highest BCUT2D eigenvalue weighted by atomic mass is 79.9. The largest absolute Gasteiger partial charge is 0.324 e. The second-order valence-corrected chi connectivity index (χ2v) is 5.25. The van der Waals surface area contributed by atoms with Gasteiger partial charge < -0.3 is 5.32 Å². The van der Waals surface area contributed by atoms with Crippen molar-refractivity contribution in [2.45, 2.75) is 13.8 Å². The Kier molecular flexibility index (Phi) is 3.90. The number of hydrogen-bond donors (Lipinski definition) is 2. The molecule has 2 rings (SSSR count). The maximum atomic E-state index is 11.9. The number of amides is 2. The second-order valence-electron chi connectivity index (χ2n) is 4.33. The van der Waals surface area contributed by atoms with Crippen LogP contribution < -0.4 is 10.6 Å². The number of urea groups is 1. The van der Waals surface area contributed by atoms with Gasteiger partial charge in [0.05, 0.1) is 0 Å². The van der Waals surface area contributed by atoms with Crippen molar-refractivity contribution < 1.29 is 4.79 Å². The van der Waals surface area contributed by atoms with E-state index in [4.69, 9.17) is 0 Å². The third-order valence-corrected chi connectivity index (χ3v) is 3.29. The minimum Gasteiger partial charge on any atom is -0.307 e. The first-order valence-electron chi connectivity index (χ1n) is 5.80. The van der Waals surface area contributed by atoms with Crippen LogP contribution in [0.4, 0.5) is 16.3 Å². The number of aromatic nitrogens is 2. The second kappa shape index (κ2) is 5.44. The van der Waals surface area contributed by atoms with Gasteiger partial charge in [-0.2, -0.15) is 5.10 Å². The van der Waals surface area contributed by atoms with Gasteiger partial charge in [-0.3, -0.25) is 10.00 Å². The van der Waals surface area contributed by atoms with Gasteiger partial charge in [0.25, 0.3) is 0 Å². The van der Waals surface area contributed by atoms with Gasteiger partial charge in [0.15, 0.2) is 5.82 Å². The standard InChI is InChI=1S/C13H15BrN4O/c1-8-6-10(14)4-5-11(8)15-13(19)16-12-7-9(2)18(3)17-12/h4-7H,1-3H3,(H2,15,16,17,19). The first-order chi connectivity index (χ1) is 8.95. The van der Waals surface area contributed by atoms with Crippen molar-refractivity contribution in [3.8, 4) is 0 Å². The molecule has 0 spiro atoms. The van der Waals surface area contributed by atoms with Crippen molar-refractivity contribution in [3.05, 3.63) is 40.0 Å². The summed E-state index contributed by atoms with van der Waals surface area (Å²) < 4.78 is 2.69. The lowest BCUT2D eigenvalue weighted by Gasteiger charge is -2.08. The Morgan fingerprint density at radius 2 is 2.00 bits per heavy atom. The lowest BCUT2D eigenvalue weighted by molar-refractivity contribution is 0.262. The van der Waals surface area contributed by atoms with E-state index in [1.165, 1.54) is 0 Å². The van der Waals surface area contributed by atoms with Crippen molar-refractivity contribution in [1.82, 2.24) is 9.78 Å². The highest BCUT2D eigenvalue weighted by molar-refractivity contribution is 9.10. The zero-order valence-corrected chi connectivity index (χ0v) is 12.6. The first-order valence-corrected chi connectivity index (χ1v) is 6.60. The molecule has 100 valence electrons. The minimum atomic E-state index is -0.302. The number of rotatable bonds is 2. The Balaban J connectivity index is 2.05. The molecule has 0 aliphatic heterocycles. The normalized spacial score (nSPS) is 10.3. The van der Waals surface area contributed by atoms with Gasteiger partial charge in [0.2, 0.25) is 0 Å². The van der Waals surface area contributed by atoms with E-state index in [9.17, 15) is 4.79 Å². The Hall–Kier alpha value is -1.82. The molecule has 2 amide bonds. The molecule has 2 N–H and O–H groups in total. The Morgan fingerprint density at radius 1 is 1.26 bits per heavy atom. The van der Waals surface area contributed by atoms with Crippen LogP contribution in [0.1, 0.15) is 11.3 Å². The van der Waals surface area contributed by atoms with Gasteiger partial charge in [-0.1, -0.05) is 15.9 Å². The fourth-order valence-corrected chi connectivity index (χ4v) is 2.13. The lowest BCUT2D eigenvalue weighted by Crippen LogP contribution is -2.20. The molecule has 0 aliphatic carbocycles. The van der Waals surface area contributed by atoms with Gasteiger partial charge in [0.1, 0.15) is 0 Å². The van der Waals surface area contributed by atoms with E-state index in [-0.39, 0.29) is 6.03 Å². The van der Waals surface area contributed by atoms with Gasteiger partial charge in [-0.25, -0.2) is 4.79 Å². The molecule has 0 bridgehead atoms. The average molecular weight is 323 g/mol. The molecule has 0 saturated carbocycles. The quantitative estimate of drug-likeness (QED) is 0.889. The van der Waals surface area contributed by atoms with E-state index in [1.807, 2.05) is 45.2 Å². The molecular weight excluding hydrogens is 308 g/mol. The van der Waals surface area contributed by atoms with Crippen molar-refractivity contribution >= 4 is 33.5 Å². The van der Waals surface area contributed by atoms with Crippen LogP contribution in [-0.4, -0.2) is 15.8 Å². The number of nitrogens with zero attached hydrogens (tertiary/aromatic N) is 2. The predicted molar refractivity (Wildman–Crippen MR) is 79.5 cm³/mol. The van der Waals surface area contributed by atoms with Crippen molar-refractivity contribution in [2.24, 2.45) is 7.05 Å². The van der Waals surface area contributed by atoms with Crippen LogP contribution in [0.2, 0.25) is 0 Å². The molecule has 5 nitrogen and oxygen atoms in total. The molecule has 0 aliphatic rings. The number of anilines is 2. The summed E-state index contributed by atoms with van der Waals surface area (Å²) >= 11 is 3.39. The van der Waals surface area contributed by atoms with E-state index in [0.29, 0.717) is 5.82 Å². The maximum Gasteiger partial charge on any atom is 0.324 e. The van der Waals surface area contributed by atoms with Crippen LogP contribution in [0, 0.1) is 13.8 Å². The summed E-state index contributed by atoms with van der Waals surface area (Å²) in [4.78, 5) is 11.9. The van der Waals surface area contributed by atoms with E-state index in [0.717, 1.165) is 21.4 Å². The van der Waals surface area contributed by atoms with Gasteiger partial charge in [0, 0.05) is 29.0 Å². The molecule has 1 aromatic heterocycles. The van der Waals surface area contributed by atoms with Gasteiger partial charge in [-0.05, 0) is 37.6 Å². The van der Waals surface area contributed by atoms with E-state index in [1.54, 1.807) is 4.68 Å². The summed E-state index contributed by atoms with van der Waals surface area (Å²) in [5, 5.41) is 9.66. The van der Waals surface area contributed by atoms with E-state index in [2.05, 4.69) is 31.7 Å². The van der Waals surface area contributed by atoms with Crippen LogP contribution in [0.25, 0.3) is 0 Å². The fraction of sp³-hybridized carbons (Fsp3) is 0.231. The highest BCUT2D eigenvalue weighted by Gasteiger charge is 2.08. The third kappa shape index (κ3) is 3.35. The highest BCUT2D eigenvalue weighted by Crippen LogP contribution is 2.20. The summed E-state index contributed by atoms with van der Waals surface area (Å²) in [6, 6.07) is 7.19. The van der Waals surface area contributed by atoms with Gasteiger partial charge >= 0.3 is 6.03 Å². The maximum absolute atomic E-state index is 11.9. The van der Waals surface area contributed by atoms with Crippen LogP contribution >= 0.6 is 15.9 Å². The Bertz CT molecular complexity index is 602. The first kappa shape index (κ1) is 13.6. The minimum absolute atomic E-state index is 0.302. The molecular formula is C13H15BrN4O. The molecule has 6 heteroatoms. The predicted octanol–water partition coefficient (Wildman–Crippen LogP) is 3.44. The number of carbonyl (C=O) groups excluding carboxylic acids is 1. The fourth-order valence-electron chi connectivity index (χ4n) is 1.66. The number of carbonyl (C=O) groups is 1. The van der Waals surface area contributed by atoms with Gasteiger partial charge in [-0.15, -0.1) is 0 Å². The molecule has 19 heavy (non-hydrogen) atoms. The van der Waals surface area contributed by atoms with Crippen molar-refractivity contribution in [2.75, 3.05) is 10.6 Å². The number of hydrogen-bond acceptors (Lipinski definition) is 2. The number of aryl methyl sites for hydroxylation is 3. The SMILES string of the molecule is Cc1cc(Br)ccc1NC(=O)Nc1cc(C)n(C)n1. The molecule has 1 heterocycles. The zero-order valence-electron chi connectivity index (χ0n) is 11.0. The van der Waals surface area contributed by atoms with Crippen LogP contribution in [0.3, 0.4) is 0 Å². The molecule has 0 unspecified atom stereocenters. The van der Waals surface area contributed by atoms with Crippen LogP contribution in [-0.2, 0) is 7.05 Å². The lowest BCUT2D eigenvalue weighted by atomic mass is 10.2. The number of nitrogens with one attached hydrogen (secondary N) is 2. The van der Waals surface area contributed by atoms with E-state index < -0.39 is 0 Å². The summed E-state index contributed by atoms with van der Waals surface area (Å²) in [5.74, 6) is 0.535. The third-order valence-electron chi connectivity index (χ3n) is 2.79. The number of benzene rings is 1. The van der Waals surface area contributed by atoms with Crippen molar-refractivity contribution in [1.29, 1.82) is 0 Å². The molecule has 0 atom stereocenters. The zero-order chi connectivity index (χ0) is 14.0. The van der Waals surface area contributed by atoms with Crippen LogP contribution in [0.15, 0.2) is 28.7 Å². The topological polar surface area (TPSA) is 59.0 Å². The average Bonchev–Trinajstić information content (AvgIpc) is 2.62. The molecule has 0 radical (unpaired) electrons. The van der Waals surface area contributed by atoms with E-state index >= 15 is 0 Å². The molecule has 0 saturated heterocycles. The molecule has 1 aromatic carbocycles. The Morgan fingerprint density at radius 3 is 2.58 bits per heavy atom. The Labute approximate surface area is 120 Å². The molecule has 0 fully saturated rings. The monoisotopic (exact) mass is 322 g/mol. The smallest absolute Gasteiger partial charge is 0.307 e. The number of halogens is 1. The molecule has 2 aromatic rings. The summed E-state index contributed by atoms with van der Waals surface area (Å²) in [6.07, 6.45) is 0. The summed E-state index contributed by atoms with van der Waals surface area (Å²) in [5.41, 5.74) is 2.74. The summed E-state index contributed by atoms with van der Waals surface area (Å²) in [6.45, 7) is 3.86. The summed E-state index contributed by atoms with van der Waals surface area (Å²) in [7, 11) is 1.83. The van der Waals surface area contributed by atoms with Crippen LogP contribution in [0.5, 0.6) is 0 Å². The van der Waals surface area contributed by atoms with Crippen molar-refractivity contribution in [3.63, 3.8) is 0 Å².